The van der Waals surface area contributed by atoms with E-state index in [1.54, 1.807) is 12.1 Å². The van der Waals surface area contributed by atoms with E-state index < -0.39 is 0 Å². The van der Waals surface area contributed by atoms with Gasteiger partial charge in [-0.1, -0.05) is 26.0 Å². The Bertz CT molecular complexity index is 347. The smallest absolute Gasteiger partial charge is 0.203 e. The third-order valence-corrected chi connectivity index (χ3v) is 1.94. The van der Waals surface area contributed by atoms with Gasteiger partial charge >= 0.3 is 0 Å². The van der Waals surface area contributed by atoms with Crippen LogP contribution in [0.5, 0.6) is 0 Å². The van der Waals surface area contributed by atoms with Gasteiger partial charge in [0.05, 0.1) is 5.69 Å². The average Bonchev–Trinajstić information content (AvgIpc) is 2.26. The Balaban J connectivity index is 3.28. The van der Waals surface area contributed by atoms with Crippen molar-refractivity contribution in [2.24, 2.45) is 5.84 Å². The molecule has 0 bridgehead atoms. The van der Waals surface area contributed by atoms with Crippen molar-refractivity contribution in [1.29, 1.82) is 0 Å². The standard InChI is InChI=1S/C10H14N2O/c1-7(2)8-4-3-5-9(12-11)10(13)6-8/h3-7H,11H2,1-2H3,(H,12,13). The van der Waals surface area contributed by atoms with Gasteiger partial charge in [-0.3, -0.25) is 10.6 Å². The van der Waals surface area contributed by atoms with Gasteiger partial charge in [0.2, 0.25) is 5.43 Å². The number of rotatable bonds is 2. The second-order valence-corrected chi connectivity index (χ2v) is 3.25. The summed E-state index contributed by atoms with van der Waals surface area (Å²) in [7, 11) is 0. The molecular formula is C10H14N2O. The van der Waals surface area contributed by atoms with E-state index >= 15 is 0 Å². The van der Waals surface area contributed by atoms with Gasteiger partial charge < -0.3 is 5.43 Å². The first-order valence-corrected chi connectivity index (χ1v) is 4.26. The minimum atomic E-state index is -0.0730. The molecule has 3 nitrogen and oxygen atoms in total. The molecule has 0 aliphatic carbocycles. The lowest BCUT2D eigenvalue weighted by molar-refractivity contribution is 0.867. The number of nitrogens with one attached hydrogen (secondary N) is 1. The molecule has 0 heterocycles. The summed E-state index contributed by atoms with van der Waals surface area (Å²) in [6.45, 7) is 4.09. The fraction of sp³-hybridized carbons (Fsp3) is 0.300. The Kier molecular flexibility index (Phi) is 3.03. The van der Waals surface area contributed by atoms with E-state index in [-0.39, 0.29) is 5.43 Å². The lowest BCUT2D eigenvalue weighted by Gasteiger charge is -1.99. The molecule has 0 radical (unpaired) electrons. The van der Waals surface area contributed by atoms with Crippen LogP contribution in [0.2, 0.25) is 0 Å². The molecule has 1 rings (SSSR count). The van der Waals surface area contributed by atoms with Crippen LogP contribution < -0.4 is 16.7 Å². The minimum absolute atomic E-state index is 0.0730. The summed E-state index contributed by atoms with van der Waals surface area (Å²) in [4.78, 5) is 11.4. The number of nitrogen functional groups attached to an aromatic ring is 1. The molecule has 0 saturated carbocycles. The van der Waals surface area contributed by atoms with Gasteiger partial charge in [-0.05, 0) is 23.6 Å². The fourth-order valence-corrected chi connectivity index (χ4v) is 1.09. The highest BCUT2D eigenvalue weighted by Gasteiger charge is 1.99. The highest BCUT2D eigenvalue weighted by molar-refractivity contribution is 5.41. The van der Waals surface area contributed by atoms with E-state index in [1.807, 2.05) is 26.0 Å². The van der Waals surface area contributed by atoms with Crippen molar-refractivity contribution in [1.82, 2.24) is 0 Å². The first-order chi connectivity index (χ1) is 6.15. The lowest BCUT2D eigenvalue weighted by atomic mass is 10.1. The minimum Gasteiger partial charge on any atom is -0.321 e. The van der Waals surface area contributed by atoms with E-state index in [2.05, 4.69) is 5.43 Å². The normalized spacial score (nSPS) is 10.2. The molecule has 0 amide bonds. The molecular weight excluding hydrogens is 164 g/mol. The molecule has 3 heteroatoms. The van der Waals surface area contributed by atoms with Crippen LogP contribution in [0.25, 0.3) is 0 Å². The third kappa shape index (κ3) is 2.29. The summed E-state index contributed by atoms with van der Waals surface area (Å²) in [6, 6.07) is 7.03. The van der Waals surface area contributed by atoms with Crippen LogP contribution in [0.1, 0.15) is 25.3 Å². The molecule has 0 spiro atoms. The fourth-order valence-electron chi connectivity index (χ4n) is 1.09. The number of hydrogen-bond donors (Lipinski definition) is 2. The van der Waals surface area contributed by atoms with Gasteiger partial charge in [0.25, 0.3) is 0 Å². The molecule has 0 atom stereocenters. The van der Waals surface area contributed by atoms with Crippen molar-refractivity contribution in [2.45, 2.75) is 19.8 Å². The van der Waals surface area contributed by atoms with E-state index in [1.165, 1.54) is 0 Å². The summed E-state index contributed by atoms with van der Waals surface area (Å²) in [5, 5.41) is 0. The Morgan fingerprint density at radius 3 is 2.62 bits per heavy atom. The Labute approximate surface area is 77.6 Å². The van der Waals surface area contributed by atoms with Crippen LogP contribution in [0.4, 0.5) is 5.69 Å². The largest absolute Gasteiger partial charge is 0.321 e. The number of hydrazine groups is 1. The maximum absolute atomic E-state index is 11.4. The first kappa shape index (κ1) is 9.74. The highest BCUT2D eigenvalue weighted by Crippen LogP contribution is 2.11. The van der Waals surface area contributed by atoms with Gasteiger partial charge in [-0.15, -0.1) is 0 Å². The molecule has 1 aromatic carbocycles. The van der Waals surface area contributed by atoms with Crippen LogP contribution >= 0.6 is 0 Å². The zero-order valence-electron chi connectivity index (χ0n) is 7.87. The number of anilines is 1. The van der Waals surface area contributed by atoms with Gasteiger partial charge in [0.15, 0.2) is 0 Å². The molecule has 0 fully saturated rings. The molecule has 0 aliphatic heterocycles. The molecule has 1 aromatic rings. The maximum Gasteiger partial charge on any atom is 0.203 e. The zero-order valence-corrected chi connectivity index (χ0v) is 7.87. The van der Waals surface area contributed by atoms with Gasteiger partial charge in [-0.25, -0.2) is 0 Å². The summed E-state index contributed by atoms with van der Waals surface area (Å²) in [5.41, 5.74) is 3.74. The van der Waals surface area contributed by atoms with Crippen molar-refractivity contribution in [3.05, 3.63) is 40.1 Å². The summed E-state index contributed by atoms with van der Waals surface area (Å²) >= 11 is 0. The number of nitrogens with two attached hydrogens (primary N) is 1. The molecule has 3 N–H and O–H groups in total. The topological polar surface area (TPSA) is 55.1 Å². The average molecular weight is 178 g/mol. The van der Waals surface area contributed by atoms with E-state index in [9.17, 15) is 4.79 Å². The highest BCUT2D eigenvalue weighted by atomic mass is 16.1. The quantitative estimate of drug-likeness (QED) is 0.532. The molecule has 0 aromatic heterocycles. The lowest BCUT2D eigenvalue weighted by Crippen LogP contribution is -2.14. The first-order valence-electron chi connectivity index (χ1n) is 4.26. The zero-order chi connectivity index (χ0) is 9.84. The Hall–Kier alpha value is -1.35. The Morgan fingerprint density at radius 1 is 1.38 bits per heavy atom. The second kappa shape index (κ2) is 4.05. The van der Waals surface area contributed by atoms with Crippen LogP contribution in [-0.2, 0) is 0 Å². The summed E-state index contributed by atoms with van der Waals surface area (Å²) < 4.78 is 0. The second-order valence-electron chi connectivity index (χ2n) is 3.25. The van der Waals surface area contributed by atoms with Crippen LogP contribution in [0.15, 0.2) is 29.1 Å². The van der Waals surface area contributed by atoms with Gasteiger partial charge in [-0.2, -0.15) is 0 Å². The number of hydrogen-bond acceptors (Lipinski definition) is 3. The van der Waals surface area contributed by atoms with Gasteiger partial charge in [0, 0.05) is 0 Å². The molecule has 0 unspecified atom stereocenters. The molecule has 70 valence electrons. The third-order valence-electron chi connectivity index (χ3n) is 1.94. The molecule has 0 aliphatic rings. The maximum atomic E-state index is 11.4. The molecule has 13 heavy (non-hydrogen) atoms. The SMILES string of the molecule is CC(C)c1cccc(NN)c(=O)c1. The monoisotopic (exact) mass is 178 g/mol. The van der Waals surface area contributed by atoms with Gasteiger partial charge in [0.1, 0.15) is 0 Å². The van der Waals surface area contributed by atoms with E-state index in [4.69, 9.17) is 5.84 Å². The van der Waals surface area contributed by atoms with E-state index in [0.29, 0.717) is 11.6 Å². The predicted molar refractivity (Wildman–Crippen MR) is 54.6 cm³/mol. The van der Waals surface area contributed by atoms with Crippen molar-refractivity contribution < 1.29 is 0 Å². The summed E-state index contributed by atoms with van der Waals surface area (Å²) in [5.74, 6) is 5.53. The summed E-state index contributed by atoms with van der Waals surface area (Å²) in [6.07, 6.45) is 0. The van der Waals surface area contributed by atoms with Crippen LogP contribution in [-0.4, -0.2) is 0 Å². The van der Waals surface area contributed by atoms with E-state index in [0.717, 1.165) is 5.56 Å². The van der Waals surface area contributed by atoms with Crippen molar-refractivity contribution in [2.75, 3.05) is 5.43 Å². The van der Waals surface area contributed by atoms with Crippen molar-refractivity contribution in [3.8, 4) is 0 Å². The van der Waals surface area contributed by atoms with Crippen molar-refractivity contribution >= 4 is 5.69 Å². The predicted octanol–water partition coefficient (Wildman–Crippen LogP) is 1.46. The van der Waals surface area contributed by atoms with Crippen molar-refractivity contribution in [3.63, 3.8) is 0 Å². The Morgan fingerprint density at radius 2 is 2.08 bits per heavy atom. The van der Waals surface area contributed by atoms with Crippen LogP contribution in [0.3, 0.4) is 0 Å². The van der Waals surface area contributed by atoms with Crippen LogP contribution in [0, 0.1) is 0 Å². The molecule has 0 saturated heterocycles.